The molecule has 0 aliphatic carbocycles. The van der Waals surface area contributed by atoms with Crippen LogP contribution in [0.25, 0.3) is 0 Å². The Morgan fingerprint density at radius 2 is 1.00 bits per heavy atom. The molecule has 2 aromatic carbocycles. The maximum absolute atomic E-state index is 12.6. The molecule has 0 fully saturated rings. The Bertz CT molecular complexity index is 624. The van der Waals surface area contributed by atoms with E-state index < -0.39 is 0 Å². The summed E-state index contributed by atoms with van der Waals surface area (Å²) in [5.74, 6) is 1.62. The molecular formula is C23H28Br2O3. The number of carbonyl (C=O) groups excluding carboxylic acids is 1. The molecule has 28 heavy (non-hydrogen) atoms. The molecule has 2 aromatic rings. The van der Waals surface area contributed by atoms with E-state index in [1.165, 1.54) is 0 Å². The predicted molar refractivity (Wildman–Crippen MR) is 123 cm³/mol. The van der Waals surface area contributed by atoms with Gasteiger partial charge in [0.05, 0.1) is 13.2 Å². The summed E-state index contributed by atoms with van der Waals surface area (Å²) >= 11 is 6.86. The lowest BCUT2D eigenvalue weighted by Crippen LogP contribution is -2.03. The van der Waals surface area contributed by atoms with E-state index in [0.717, 1.165) is 60.7 Å². The Kier molecular flexibility index (Phi) is 11.3. The standard InChI is InChI=1S/C23H28Br2O3/c24-15-3-1-5-17-27-21-11-7-19(8-12-21)23(26)20-9-13-22(14-10-20)28-18-6-2-4-16-25/h7-14H,1-6,15-18H2. The first kappa shape index (κ1) is 23.0. The van der Waals surface area contributed by atoms with Gasteiger partial charge in [0, 0.05) is 21.8 Å². The number of hydrogen-bond donors (Lipinski definition) is 0. The van der Waals surface area contributed by atoms with Gasteiger partial charge in [-0.05, 0) is 87.1 Å². The summed E-state index contributed by atoms with van der Waals surface area (Å²) in [5.41, 5.74) is 1.32. The van der Waals surface area contributed by atoms with Crippen molar-refractivity contribution < 1.29 is 14.3 Å². The van der Waals surface area contributed by atoms with Gasteiger partial charge in [-0.25, -0.2) is 0 Å². The van der Waals surface area contributed by atoms with Gasteiger partial charge in [0.1, 0.15) is 11.5 Å². The van der Waals surface area contributed by atoms with Crippen LogP contribution in [0.4, 0.5) is 0 Å². The Morgan fingerprint density at radius 3 is 1.36 bits per heavy atom. The number of ether oxygens (including phenoxy) is 2. The summed E-state index contributed by atoms with van der Waals surface area (Å²) < 4.78 is 11.4. The molecule has 0 saturated heterocycles. The molecular weight excluding hydrogens is 484 g/mol. The minimum absolute atomic E-state index is 0.00717. The second-order valence-corrected chi connectivity index (χ2v) is 8.16. The summed E-state index contributed by atoms with van der Waals surface area (Å²) in [7, 11) is 0. The first-order valence-corrected chi connectivity index (χ1v) is 12.1. The van der Waals surface area contributed by atoms with Gasteiger partial charge in [0.25, 0.3) is 0 Å². The molecule has 0 spiro atoms. The number of alkyl halides is 2. The fraction of sp³-hybridized carbons (Fsp3) is 0.435. The van der Waals surface area contributed by atoms with Crippen LogP contribution in [-0.2, 0) is 0 Å². The van der Waals surface area contributed by atoms with Gasteiger partial charge in [-0.15, -0.1) is 0 Å². The van der Waals surface area contributed by atoms with Crippen molar-refractivity contribution in [1.82, 2.24) is 0 Å². The van der Waals surface area contributed by atoms with Crippen LogP contribution >= 0.6 is 31.9 Å². The minimum Gasteiger partial charge on any atom is -0.494 e. The van der Waals surface area contributed by atoms with Crippen LogP contribution in [0.3, 0.4) is 0 Å². The van der Waals surface area contributed by atoms with Crippen molar-refractivity contribution in [3.8, 4) is 11.5 Å². The molecule has 0 aliphatic heterocycles. The lowest BCUT2D eigenvalue weighted by Gasteiger charge is -2.08. The zero-order valence-corrected chi connectivity index (χ0v) is 19.3. The van der Waals surface area contributed by atoms with Crippen LogP contribution in [0.5, 0.6) is 11.5 Å². The van der Waals surface area contributed by atoms with Crippen molar-refractivity contribution in [2.24, 2.45) is 0 Å². The fourth-order valence-electron chi connectivity index (χ4n) is 2.70. The molecule has 5 heteroatoms. The minimum atomic E-state index is 0.00717. The second-order valence-electron chi connectivity index (χ2n) is 6.57. The van der Waals surface area contributed by atoms with Gasteiger partial charge in [0.2, 0.25) is 0 Å². The summed E-state index contributed by atoms with van der Waals surface area (Å²) in [6.07, 6.45) is 6.71. The number of benzene rings is 2. The molecule has 2 rings (SSSR count). The van der Waals surface area contributed by atoms with E-state index in [-0.39, 0.29) is 5.78 Å². The molecule has 0 aliphatic rings. The van der Waals surface area contributed by atoms with Gasteiger partial charge in [-0.3, -0.25) is 4.79 Å². The maximum Gasteiger partial charge on any atom is 0.193 e. The highest BCUT2D eigenvalue weighted by molar-refractivity contribution is 9.09. The van der Waals surface area contributed by atoms with Crippen LogP contribution in [0.15, 0.2) is 48.5 Å². The van der Waals surface area contributed by atoms with Crippen molar-refractivity contribution in [1.29, 1.82) is 0 Å². The SMILES string of the molecule is O=C(c1ccc(OCCCCCBr)cc1)c1ccc(OCCCCCBr)cc1. The van der Waals surface area contributed by atoms with Crippen LogP contribution in [-0.4, -0.2) is 29.7 Å². The molecule has 0 amide bonds. The Labute approximate surface area is 185 Å². The van der Waals surface area contributed by atoms with Gasteiger partial charge in [-0.1, -0.05) is 31.9 Å². The third-order valence-electron chi connectivity index (χ3n) is 4.33. The molecule has 0 N–H and O–H groups in total. The normalized spacial score (nSPS) is 10.6. The quantitative estimate of drug-likeness (QED) is 0.159. The molecule has 0 heterocycles. The lowest BCUT2D eigenvalue weighted by atomic mass is 10.0. The highest BCUT2D eigenvalue weighted by Gasteiger charge is 2.09. The number of rotatable bonds is 14. The topological polar surface area (TPSA) is 35.5 Å². The van der Waals surface area contributed by atoms with Gasteiger partial charge in [0.15, 0.2) is 5.78 Å². The van der Waals surface area contributed by atoms with Crippen LogP contribution in [0, 0.1) is 0 Å². The molecule has 0 bridgehead atoms. The highest BCUT2D eigenvalue weighted by atomic mass is 79.9. The van der Waals surface area contributed by atoms with Crippen molar-refractivity contribution in [2.45, 2.75) is 38.5 Å². The smallest absolute Gasteiger partial charge is 0.193 e. The number of halogens is 2. The molecule has 0 aromatic heterocycles. The molecule has 3 nitrogen and oxygen atoms in total. The van der Waals surface area contributed by atoms with E-state index in [4.69, 9.17) is 9.47 Å². The number of carbonyl (C=O) groups is 1. The molecule has 0 saturated carbocycles. The zero-order valence-electron chi connectivity index (χ0n) is 16.2. The lowest BCUT2D eigenvalue weighted by molar-refractivity contribution is 0.103. The van der Waals surface area contributed by atoms with E-state index in [1.807, 2.05) is 48.5 Å². The second kappa shape index (κ2) is 13.8. The van der Waals surface area contributed by atoms with Crippen molar-refractivity contribution >= 4 is 37.6 Å². The van der Waals surface area contributed by atoms with E-state index in [9.17, 15) is 4.79 Å². The summed E-state index contributed by atoms with van der Waals surface area (Å²) in [6.45, 7) is 1.41. The third kappa shape index (κ3) is 8.36. The molecule has 0 unspecified atom stereocenters. The van der Waals surface area contributed by atoms with Crippen molar-refractivity contribution in [2.75, 3.05) is 23.9 Å². The van der Waals surface area contributed by atoms with Crippen LogP contribution in [0.1, 0.15) is 54.4 Å². The number of ketones is 1. The number of hydrogen-bond acceptors (Lipinski definition) is 3. The summed E-state index contributed by atoms with van der Waals surface area (Å²) in [4.78, 5) is 12.6. The van der Waals surface area contributed by atoms with Gasteiger partial charge in [-0.2, -0.15) is 0 Å². The van der Waals surface area contributed by atoms with Crippen molar-refractivity contribution in [3.63, 3.8) is 0 Å². The first-order valence-electron chi connectivity index (χ1n) is 9.87. The molecule has 0 radical (unpaired) electrons. The Hall–Kier alpha value is -1.33. The monoisotopic (exact) mass is 510 g/mol. The summed E-state index contributed by atoms with van der Waals surface area (Å²) in [6, 6.07) is 14.7. The van der Waals surface area contributed by atoms with E-state index in [0.29, 0.717) is 24.3 Å². The van der Waals surface area contributed by atoms with E-state index >= 15 is 0 Å². The van der Waals surface area contributed by atoms with Gasteiger partial charge < -0.3 is 9.47 Å². The first-order chi connectivity index (χ1) is 13.7. The average Bonchev–Trinajstić information content (AvgIpc) is 2.74. The highest BCUT2D eigenvalue weighted by Crippen LogP contribution is 2.18. The largest absolute Gasteiger partial charge is 0.494 e. The Balaban J connectivity index is 1.80. The van der Waals surface area contributed by atoms with Gasteiger partial charge >= 0.3 is 0 Å². The Morgan fingerprint density at radius 1 is 0.607 bits per heavy atom. The van der Waals surface area contributed by atoms with Crippen LogP contribution in [0.2, 0.25) is 0 Å². The van der Waals surface area contributed by atoms with E-state index in [2.05, 4.69) is 31.9 Å². The maximum atomic E-state index is 12.6. The van der Waals surface area contributed by atoms with Crippen LogP contribution < -0.4 is 9.47 Å². The van der Waals surface area contributed by atoms with E-state index in [1.54, 1.807) is 0 Å². The third-order valence-corrected chi connectivity index (χ3v) is 5.45. The van der Waals surface area contributed by atoms with Crippen molar-refractivity contribution in [3.05, 3.63) is 59.7 Å². The molecule has 0 atom stereocenters. The summed E-state index contributed by atoms with van der Waals surface area (Å²) in [5, 5.41) is 2.07. The average molecular weight is 512 g/mol. The number of unbranched alkanes of at least 4 members (excludes halogenated alkanes) is 4. The zero-order chi connectivity index (χ0) is 20.0. The fourth-order valence-corrected chi connectivity index (χ4v) is 3.49. The predicted octanol–water partition coefficient (Wildman–Crippen LogP) is 6.81. The molecule has 152 valence electrons.